The summed E-state index contributed by atoms with van der Waals surface area (Å²) in [5, 5.41) is 10.3. The number of likely N-dealkylation sites (tertiary alicyclic amines) is 1. The summed E-state index contributed by atoms with van der Waals surface area (Å²) >= 11 is 0. The van der Waals surface area contributed by atoms with Crippen molar-refractivity contribution in [1.82, 2.24) is 15.6 Å². The van der Waals surface area contributed by atoms with Gasteiger partial charge < -0.3 is 10.6 Å². The fourth-order valence-electron chi connectivity index (χ4n) is 5.30. The molecular weight excluding hydrogens is 406 g/mol. The number of amides is 3. The number of hydrogen-bond donors (Lipinski definition) is 3. The first-order chi connectivity index (χ1) is 15.2. The van der Waals surface area contributed by atoms with Crippen LogP contribution in [0.5, 0.6) is 0 Å². The van der Waals surface area contributed by atoms with Gasteiger partial charge in [0, 0.05) is 29.3 Å². The van der Waals surface area contributed by atoms with Gasteiger partial charge in [-0.3, -0.25) is 19.3 Å². The third-order valence-corrected chi connectivity index (χ3v) is 6.86. The summed E-state index contributed by atoms with van der Waals surface area (Å²) in [4.78, 5) is 40.3. The van der Waals surface area contributed by atoms with Gasteiger partial charge in [-0.05, 0) is 45.2 Å². The van der Waals surface area contributed by atoms with Gasteiger partial charge in [0.05, 0.1) is 24.1 Å². The maximum Gasteiger partial charge on any atom is 0.245 e. The number of carbonyl (C=O) groups excluding carboxylic acids is 3. The molecule has 3 aliphatic rings. The quantitative estimate of drug-likeness (QED) is 0.631. The Bertz CT molecular complexity index is 959. The minimum Gasteiger partial charge on any atom is -0.354 e. The van der Waals surface area contributed by atoms with Gasteiger partial charge in [-0.25, -0.2) is 5.43 Å². The highest BCUT2D eigenvalue weighted by molar-refractivity contribution is 6.19. The Morgan fingerprint density at radius 2 is 2.06 bits per heavy atom. The maximum atomic E-state index is 12.8. The predicted molar refractivity (Wildman–Crippen MR) is 123 cm³/mol. The van der Waals surface area contributed by atoms with E-state index in [1.54, 1.807) is 0 Å². The van der Waals surface area contributed by atoms with E-state index >= 15 is 0 Å². The van der Waals surface area contributed by atoms with Crippen molar-refractivity contribution in [3.8, 4) is 0 Å². The minimum atomic E-state index is -0.704. The molecule has 2 aliphatic heterocycles. The Labute approximate surface area is 189 Å². The third-order valence-electron chi connectivity index (χ3n) is 6.86. The van der Waals surface area contributed by atoms with Crippen LogP contribution < -0.4 is 16.1 Å². The van der Waals surface area contributed by atoms with E-state index in [4.69, 9.17) is 0 Å². The SMILES string of the molecule is CC(C)NC(=O)[C@@H]1[C@@H]2C(=O)NN=C(c3ccccc3NC(=O)CN3CCC[C@@H](C)C3)[C@]12C. The summed E-state index contributed by atoms with van der Waals surface area (Å²) in [6.45, 7) is 10.1. The molecule has 1 saturated heterocycles. The Kier molecular flexibility index (Phi) is 6.07. The summed E-state index contributed by atoms with van der Waals surface area (Å²) in [7, 11) is 0. The Hall–Kier alpha value is -2.74. The Morgan fingerprint density at radius 1 is 1.31 bits per heavy atom. The van der Waals surface area contributed by atoms with Crippen LogP contribution in [-0.2, 0) is 14.4 Å². The van der Waals surface area contributed by atoms with Crippen molar-refractivity contribution in [3.05, 3.63) is 29.8 Å². The van der Waals surface area contributed by atoms with Crippen molar-refractivity contribution in [3.63, 3.8) is 0 Å². The van der Waals surface area contributed by atoms with Gasteiger partial charge in [0.15, 0.2) is 0 Å². The van der Waals surface area contributed by atoms with Crippen molar-refractivity contribution >= 4 is 29.1 Å². The van der Waals surface area contributed by atoms with Crippen LogP contribution in [0.2, 0.25) is 0 Å². The first kappa shape index (κ1) is 22.5. The molecule has 0 bridgehead atoms. The van der Waals surface area contributed by atoms with Crippen LogP contribution in [0.3, 0.4) is 0 Å². The number of piperidine rings is 1. The lowest BCUT2D eigenvalue weighted by Gasteiger charge is -2.30. The van der Waals surface area contributed by atoms with Crippen LogP contribution in [0.15, 0.2) is 29.4 Å². The van der Waals surface area contributed by atoms with Crippen LogP contribution >= 0.6 is 0 Å². The van der Waals surface area contributed by atoms with Crippen LogP contribution in [0, 0.1) is 23.2 Å². The van der Waals surface area contributed by atoms with Gasteiger partial charge in [0.2, 0.25) is 17.7 Å². The van der Waals surface area contributed by atoms with E-state index in [1.165, 1.54) is 6.42 Å². The number of benzene rings is 1. The standard InChI is InChI=1S/C24H33N5O3/c1-14(2)25-22(31)19-20-23(32)28-27-21(24(19,20)4)16-9-5-6-10-17(16)26-18(30)13-29-11-7-8-15(3)12-29/h5-6,9-10,14-15,19-20H,7-8,11-13H2,1-4H3,(H,25,31)(H,26,30)(H,28,32)/t15-,19+,20-,24-/m1/s1. The monoisotopic (exact) mass is 439 g/mol. The average Bonchev–Trinajstić information content (AvgIpc) is 3.36. The predicted octanol–water partition coefficient (Wildman–Crippen LogP) is 1.97. The van der Waals surface area contributed by atoms with E-state index in [0.29, 0.717) is 23.9 Å². The molecule has 1 aromatic carbocycles. The molecule has 4 rings (SSSR count). The zero-order valence-corrected chi connectivity index (χ0v) is 19.3. The molecule has 0 spiro atoms. The molecule has 0 radical (unpaired) electrons. The van der Waals surface area contributed by atoms with Gasteiger partial charge in [-0.1, -0.05) is 32.0 Å². The number of nitrogens with zero attached hydrogens (tertiary/aromatic N) is 2. The topological polar surface area (TPSA) is 103 Å². The van der Waals surface area contributed by atoms with E-state index in [2.05, 4.69) is 33.0 Å². The van der Waals surface area contributed by atoms with Gasteiger partial charge in [0.1, 0.15) is 0 Å². The molecule has 8 nitrogen and oxygen atoms in total. The first-order valence-corrected chi connectivity index (χ1v) is 11.5. The highest BCUT2D eigenvalue weighted by Gasteiger charge is 2.72. The molecule has 0 unspecified atom stereocenters. The molecule has 1 aliphatic carbocycles. The number of para-hydroxylation sites is 1. The third kappa shape index (κ3) is 4.16. The lowest BCUT2D eigenvalue weighted by molar-refractivity contribution is -0.127. The second kappa shape index (κ2) is 8.65. The molecule has 2 heterocycles. The molecule has 172 valence electrons. The number of carbonyl (C=O) groups is 3. The molecule has 8 heteroatoms. The highest BCUT2D eigenvalue weighted by Crippen LogP contribution is 2.62. The van der Waals surface area contributed by atoms with Crippen LogP contribution in [0.1, 0.15) is 46.1 Å². The smallest absolute Gasteiger partial charge is 0.245 e. The number of hydrogen-bond acceptors (Lipinski definition) is 5. The molecule has 3 amide bonds. The molecule has 1 aromatic rings. The van der Waals surface area contributed by atoms with E-state index in [9.17, 15) is 14.4 Å². The van der Waals surface area contributed by atoms with E-state index in [-0.39, 0.29) is 23.8 Å². The van der Waals surface area contributed by atoms with Gasteiger partial charge in [-0.15, -0.1) is 0 Å². The normalized spacial score (nSPS) is 29.6. The average molecular weight is 440 g/mol. The fourth-order valence-corrected chi connectivity index (χ4v) is 5.30. The molecule has 0 aromatic heterocycles. The zero-order chi connectivity index (χ0) is 23.0. The summed E-state index contributed by atoms with van der Waals surface area (Å²) in [6.07, 6.45) is 2.32. The van der Waals surface area contributed by atoms with Crippen molar-refractivity contribution in [1.29, 1.82) is 0 Å². The summed E-state index contributed by atoms with van der Waals surface area (Å²) in [6, 6.07) is 7.45. The van der Waals surface area contributed by atoms with E-state index in [1.807, 2.05) is 45.0 Å². The van der Waals surface area contributed by atoms with Gasteiger partial charge in [0.25, 0.3) is 0 Å². The number of fused-ring (bicyclic) bond motifs is 1. The summed E-state index contributed by atoms with van der Waals surface area (Å²) in [5.41, 5.74) is 3.90. The summed E-state index contributed by atoms with van der Waals surface area (Å²) in [5.74, 6) is -0.792. The maximum absolute atomic E-state index is 12.8. The van der Waals surface area contributed by atoms with Gasteiger partial charge in [-0.2, -0.15) is 5.10 Å². The van der Waals surface area contributed by atoms with Crippen molar-refractivity contribution in [2.75, 3.05) is 25.0 Å². The Balaban J connectivity index is 1.55. The minimum absolute atomic E-state index is 0.0127. The largest absolute Gasteiger partial charge is 0.354 e. The number of anilines is 1. The van der Waals surface area contributed by atoms with Crippen molar-refractivity contribution in [2.24, 2.45) is 28.3 Å². The van der Waals surface area contributed by atoms with Crippen LogP contribution in [-0.4, -0.2) is 54.0 Å². The van der Waals surface area contributed by atoms with Crippen molar-refractivity contribution in [2.45, 2.75) is 46.6 Å². The number of rotatable bonds is 6. The highest BCUT2D eigenvalue weighted by atomic mass is 16.2. The molecule has 4 atom stereocenters. The number of hydrazone groups is 1. The molecule has 3 N–H and O–H groups in total. The lowest BCUT2D eigenvalue weighted by Crippen LogP contribution is -2.40. The molecule has 32 heavy (non-hydrogen) atoms. The second-order valence-corrected chi connectivity index (χ2v) is 9.91. The first-order valence-electron chi connectivity index (χ1n) is 11.5. The van der Waals surface area contributed by atoms with Crippen LogP contribution in [0.25, 0.3) is 0 Å². The van der Waals surface area contributed by atoms with Crippen LogP contribution in [0.4, 0.5) is 5.69 Å². The van der Waals surface area contributed by atoms with Crippen molar-refractivity contribution < 1.29 is 14.4 Å². The molecular formula is C24H33N5O3. The van der Waals surface area contributed by atoms with Gasteiger partial charge >= 0.3 is 0 Å². The summed E-state index contributed by atoms with van der Waals surface area (Å²) < 4.78 is 0. The molecule has 1 saturated carbocycles. The van der Waals surface area contributed by atoms with E-state index < -0.39 is 17.3 Å². The molecule has 2 fully saturated rings. The lowest BCUT2D eigenvalue weighted by atomic mass is 9.89. The number of nitrogens with one attached hydrogen (secondary N) is 3. The fraction of sp³-hybridized carbons (Fsp3) is 0.583. The second-order valence-electron chi connectivity index (χ2n) is 9.91. The van der Waals surface area contributed by atoms with E-state index in [0.717, 1.165) is 25.1 Å². The zero-order valence-electron chi connectivity index (χ0n) is 19.3. The Morgan fingerprint density at radius 3 is 2.78 bits per heavy atom.